The van der Waals surface area contributed by atoms with E-state index in [-0.39, 0.29) is 16.5 Å². The van der Waals surface area contributed by atoms with E-state index in [0.717, 1.165) is 11.6 Å². The number of nitro benzene ring substituents is 1. The van der Waals surface area contributed by atoms with Gasteiger partial charge in [-0.05, 0) is 24.3 Å². The lowest BCUT2D eigenvalue weighted by atomic mass is 10.1. The molecule has 0 atom stereocenters. The highest BCUT2D eigenvalue weighted by atomic mass is 35.5. The predicted molar refractivity (Wildman–Crippen MR) is 113 cm³/mol. The summed E-state index contributed by atoms with van der Waals surface area (Å²) in [5.74, 6) is 0.660. The van der Waals surface area contributed by atoms with E-state index in [4.69, 9.17) is 25.8 Å². The maximum Gasteiger partial charge on any atom is 0.312 e. The molecule has 3 aromatic rings. The summed E-state index contributed by atoms with van der Waals surface area (Å²) in [5, 5.41) is 16.0. The number of carbonyl (C=O) groups excluding carboxylic acids is 1. The van der Waals surface area contributed by atoms with E-state index in [0.29, 0.717) is 22.3 Å². The van der Waals surface area contributed by atoms with Gasteiger partial charge in [0, 0.05) is 28.1 Å². The molecule has 0 spiro atoms. The number of hydrogen-bond donors (Lipinski definition) is 1. The first-order valence-corrected chi connectivity index (χ1v) is 9.71. The van der Waals surface area contributed by atoms with Crippen LogP contribution in [-0.2, 0) is 4.79 Å². The number of nitrogens with one attached hydrogen (secondary N) is 1. The average Bonchev–Trinajstić information content (AvgIpc) is 3.20. The van der Waals surface area contributed by atoms with Gasteiger partial charge < -0.3 is 14.2 Å². The monoisotopic (exact) mass is 449 g/mol. The molecule has 0 aliphatic heterocycles. The fourth-order valence-electron chi connectivity index (χ4n) is 2.52. The largest absolute Gasteiger partial charge is 0.497 e. The van der Waals surface area contributed by atoms with Crippen LogP contribution in [0.15, 0.2) is 41.8 Å². The molecule has 9 nitrogen and oxygen atoms in total. The Bertz CT molecular complexity index is 1090. The van der Waals surface area contributed by atoms with Gasteiger partial charge in [0.1, 0.15) is 11.5 Å². The van der Waals surface area contributed by atoms with E-state index >= 15 is 0 Å². The molecule has 0 fully saturated rings. The van der Waals surface area contributed by atoms with E-state index < -0.39 is 17.4 Å². The lowest BCUT2D eigenvalue weighted by Gasteiger charge is -2.08. The van der Waals surface area contributed by atoms with Gasteiger partial charge in [0.2, 0.25) is 0 Å². The minimum Gasteiger partial charge on any atom is -0.497 e. The Morgan fingerprint density at radius 2 is 2.00 bits per heavy atom. The number of benzene rings is 2. The number of halogens is 1. The minimum absolute atomic E-state index is 0.0534. The number of ether oxygens (including phenoxy) is 3. The van der Waals surface area contributed by atoms with Crippen molar-refractivity contribution in [2.45, 2.75) is 0 Å². The molecule has 0 aliphatic carbocycles. The molecule has 0 unspecified atom stereocenters. The summed E-state index contributed by atoms with van der Waals surface area (Å²) in [6.07, 6.45) is 0. The molecular weight excluding hydrogens is 434 g/mol. The summed E-state index contributed by atoms with van der Waals surface area (Å²) >= 11 is 6.98. The third kappa shape index (κ3) is 4.97. The Kier molecular flexibility index (Phi) is 6.70. The average molecular weight is 450 g/mol. The van der Waals surface area contributed by atoms with Gasteiger partial charge in [-0.3, -0.25) is 20.2 Å². The van der Waals surface area contributed by atoms with E-state index in [1.807, 2.05) is 0 Å². The number of nitro groups is 1. The molecule has 30 heavy (non-hydrogen) atoms. The van der Waals surface area contributed by atoms with Gasteiger partial charge in [0.25, 0.3) is 5.91 Å². The number of aromatic nitrogens is 1. The zero-order chi connectivity index (χ0) is 21.7. The quantitative estimate of drug-likeness (QED) is 0.400. The summed E-state index contributed by atoms with van der Waals surface area (Å²) < 4.78 is 15.8. The van der Waals surface area contributed by atoms with E-state index in [2.05, 4.69) is 10.3 Å². The van der Waals surface area contributed by atoms with Crippen molar-refractivity contribution in [2.75, 3.05) is 26.1 Å². The van der Waals surface area contributed by atoms with Gasteiger partial charge in [0.15, 0.2) is 17.5 Å². The summed E-state index contributed by atoms with van der Waals surface area (Å²) in [7, 11) is 3.10. The van der Waals surface area contributed by atoms with E-state index in [1.165, 1.54) is 23.5 Å². The van der Waals surface area contributed by atoms with Crippen LogP contribution in [0.2, 0.25) is 5.02 Å². The van der Waals surface area contributed by atoms with Gasteiger partial charge in [-0.1, -0.05) is 11.6 Å². The first-order chi connectivity index (χ1) is 14.4. The molecular formula is C19H16ClN3O6S. The molecule has 2 aromatic carbocycles. The maximum atomic E-state index is 12.2. The molecule has 1 aromatic heterocycles. The van der Waals surface area contributed by atoms with Crippen molar-refractivity contribution in [3.63, 3.8) is 0 Å². The number of thiazole rings is 1. The third-order valence-electron chi connectivity index (χ3n) is 3.91. The van der Waals surface area contributed by atoms with E-state index in [1.54, 1.807) is 37.8 Å². The smallest absolute Gasteiger partial charge is 0.312 e. The van der Waals surface area contributed by atoms with Crippen LogP contribution in [0, 0.1) is 10.1 Å². The number of nitrogens with zero attached hydrogens (tertiary/aromatic N) is 2. The lowest BCUT2D eigenvalue weighted by Crippen LogP contribution is -2.20. The Labute approximate surface area is 180 Å². The zero-order valence-electron chi connectivity index (χ0n) is 15.9. The van der Waals surface area contributed by atoms with Crippen molar-refractivity contribution < 1.29 is 23.9 Å². The van der Waals surface area contributed by atoms with Gasteiger partial charge >= 0.3 is 5.69 Å². The fourth-order valence-corrected chi connectivity index (χ4v) is 3.41. The van der Waals surface area contributed by atoms with Gasteiger partial charge in [-0.2, -0.15) is 0 Å². The third-order valence-corrected chi connectivity index (χ3v) is 4.90. The highest BCUT2D eigenvalue weighted by molar-refractivity contribution is 7.14. The van der Waals surface area contributed by atoms with Crippen LogP contribution in [0.3, 0.4) is 0 Å². The maximum absolute atomic E-state index is 12.2. The zero-order valence-corrected chi connectivity index (χ0v) is 17.5. The van der Waals surface area contributed by atoms with Crippen molar-refractivity contribution in [1.82, 2.24) is 4.98 Å². The van der Waals surface area contributed by atoms with Crippen LogP contribution in [0.5, 0.6) is 17.2 Å². The SMILES string of the molecule is COc1ccc(-c2csc(NC(=O)COc3ccc(Cl)cc3[N+](=O)[O-])n2)c(OC)c1. The fraction of sp³-hybridized carbons (Fsp3) is 0.158. The van der Waals surface area contributed by atoms with Crippen LogP contribution in [0.1, 0.15) is 0 Å². The molecule has 1 N–H and O–H groups in total. The second kappa shape index (κ2) is 9.42. The number of methoxy groups -OCH3 is 2. The molecule has 0 aliphatic rings. The first kappa shape index (κ1) is 21.3. The summed E-state index contributed by atoms with van der Waals surface area (Å²) in [6.45, 7) is -0.427. The molecule has 0 bridgehead atoms. The molecule has 3 rings (SSSR count). The van der Waals surface area contributed by atoms with E-state index in [9.17, 15) is 14.9 Å². The Hall–Kier alpha value is -3.37. The molecule has 0 saturated carbocycles. The number of carbonyl (C=O) groups is 1. The van der Waals surface area contributed by atoms with Crippen LogP contribution < -0.4 is 19.5 Å². The normalized spacial score (nSPS) is 10.4. The molecule has 0 radical (unpaired) electrons. The van der Waals surface area contributed by atoms with Gasteiger partial charge in [0.05, 0.1) is 24.8 Å². The minimum atomic E-state index is -0.630. The van der Waals surface area contributed by atoms with Gasteiger partial charge in [-0.15, -0.1) is 11.3 Å². The van der Waals surface area contributed by atoms with Gasteiger partial charge in [-0.25, -0.2) is 4.98 Å². The topological polar surface area (TPSA) is 113 Å². The van der Waals surface area contributed by atoms with Crippen molar-refractivity contribution in [1.29, 1.82) is 0 Å². The van der Waals surface area contributed by atoms with Crippen molar-refractivity contribution in [3.05, 3.63) is 56.9 Å². The van der Waals surface area contributed by atoms with Crippen LogP contribution in [0.25, 0.3) is 11.3 Å². The number of anilines is 1. The number of amides is 1. The summed E-state index contributed by atoms with van der Waals surface area (Å²) in [5.41, 5.74) is 1.03. The number of rotatable bonds is 8. The molecule has 1 heterocycles. The summed E-state index contributed by atoms with van der Waals surface area (Å²) in [6, 6.07) is 9.26. The Morgan fingerprint density at radius 3 is 2.70 bits per heavy atom. The molecule has 1 amide bonds. The van der Waals surface area contributed by atoms with Crippen LogP contribution in [0.4, 0.5) is 10.8 Å². The second-order valence-electron chi connectivity index (χ2n) is 5.81. The standard InChI is InChI=1S/C19H16ClN3O6S/c1-27-12-4-5-13(17(8-12)28-2)14-10-30-19(21-14)22-18(24)9-29-16-6-3-11(20)7-15(16)23(25)26/h3-8,10H,9H2,1-2H3,(H,21,22,24). The highest BCUT2D eigenvalue weighted by Gasteiger charge is 2.18. The lowest BCUT2D eigenvalue weighted by molar-refractivity contribution is -0.385. The second-order valence-corrected chi connectivity index (χ2v) is 7.10. The Balaban J connectivity index is 1.67. The predicted octanol–water partition coefficient (Wildman–Crippen LogP) is 4.41. The van der Waals surface area contributed by atoms with Crippen molar-refractivity contribution >= 4 is 39.7 Å². The first-order valence-electron chi connectivity index (χ1n) is 8.45. The number of hydrogen-bond acceptors (Lipinski definition) is 8. The van der Waals surface area contributed by atoms with Crippen LogP contribution in [-0.4, -0.2) is 36.6 Å². The van der Waals surface area contributed by atoms with Crippen molar-refractivity contribution in [3.8, 4) is 28.5 Å². The molecule has 0 saturated heterocycles. The summed E-state index contributed by atoms with van der Waals surface area (Å²) in [4.78, 5) is 27.0. The molecule has 156 valence electrons. The molecule has 11 heteroatoms. The Morgan fingerprint density at radius 1 is 1.20 bits per heavy atom. The highest BCUT2D eigenvalue weighted by Crippen LogP contribution is 2.35. The van der Waals surface area contributed by atoms with Crippen molar-refractivity contribution in [2.24, 2.45) is 0 Å². The van der Waals surface area contributed by atoms with Crippen LogP contribution >= 0.6 is 22.9 Å².